The van der Waals surface area contributed by atoms with Crippen LogP contribution in [0.5, 0.6) is 5.75 Å². The van der Waals surface area contributed by atoms with Crippen molar-refractivity contribution in [1.82, 2.24) is 4.90 Å². The average Bonchev–Trinajstić information content (AvgIpc) is 3.16. The highest BCUT2D eigenvalue weighted by Crippen LogP contribution is 2.25. The van der Waals surface area contributed by atoms with E-state index >= 15 is 0 Å². The van der Waals surface area contributed by atoms with Gasteiger partial charge in [-0.1, -0.05) is 12.1 Å². The number of benzene rings is 2. The number of ether oxygens (including phenoxy) is 1. The molecule has 7 heteroatoms. The van der Waals surface area contributed by atoms with E-state index in [0.29, 0.717) is 11.3 Å². The van der Waals surface area contributed by atoms with Crippen LogP contribution in [-0.2, 0) is 10.0 Å². The predicted molar refractivity (Wildman–Crippen MR) is 95.4 cm³/mol. The maximum absolute atomic E-state index is 12.5. The topological polar surface area (TPSA) is 75.7 Å². The molecule has 0 spiro atoms. The number of hydrogen-bond donors (Lipinski definition) is 1. The van der Waals surface area contributed by atoms with E-state index in [9.17, 15) is 13.2 Å². The molecule has 2 aromatic carbocycles. The highest BCUT2D eigenvalue weighted by Gasteiger charge is 2.21. The molecule has 0 aromatic heterocycles. The molecule has 1 N–H and O–H groups in total. The second-order valence-corrected chi connectivity index (χ2v) is 7.48. The third-order valence-electron chi connectivity index (χ3n) is 4.14. The quantitative estimate of drug-likeness (QED) is 0.890. The zero-order valence-electron chi connectivity index (χ0n) is 13.9. The lowest BCUT2D eigenvalue weighted by atomic mass is 10.2. The molecule has 3 rings (SSSR count). The molecule has 1 heterocycles. The number of rotatable bonds is 5. The fourth-order valence-corrected chi connectivity index (χ4v) is 4.06. The van der Waals surface area contributed by atoms with E-state index in [1.807, 2.05) is 4.90 Å². The zero-order valence-corrected chi connectivity index (χ0v) is 14.8. The van der Waals surface area contributed by atoms with E-state index in [-0.39, 0.29) is 16.6 Å². The molecule has 2 aromatic rings. The first-order chi connectivity index (χ1) is 12.0. The van der Waals surface area contributed by atoms with Gasteiger partial charge in [-0.2, -0.15) is 0 Å². The summed E-state index contributed by atoms with van der Waals surface area (Å²) in [6.45, 7) is 1.56. The number of amides is 1. The number of nitrogens with zero attached hydrogens (tertiary/aromatic N) is 1. The fourth-order valence-electron chi connectivity index (χ4n) is 2.83. The third kappa shape index (κ3) is 3.76. The molecule has 1 amide bonds. The van der Waals surface area contributed by atoms with Gasteiger partial charge < -0.3 is 9.64 Å². The lowest BCUT2D eigenvalue weighted by Gasteiger charge is -2.15. The Morgan fingerprint density at radius 1 is 1.04 bits per heavy atom. The van der Waals surface area contributed by atoms with Gasteiger partial charge in [-0.05, 0) is 49.2 Å². The molecule has 0 atom stereocenters. The molecular weight excluding hydrogens is 340 g/mol. The number of para-hydroxylation sites is 1. The highest BCUT2D eigenvalue weighted by molar-refractivity contribution is 7.92. The first-order valence-electron chi connectivity index (χ1n) is 8.06. The van der Waals surface area contributed by atoms with Gasteiger partial charge in [0, 0.05) is 24.3 Å². The Bertz CT molecular complexity index is 857. The SMILES string of the molecule is COc1ccccc1S(=O)(=O)Nc1ccc(C(=O)N2CCCC2)cc1. The van der Waals surface area contributed by atoms with Gasteiger partial charge in [0.15, 0.2) is 0 Å². The van der Waals surface area contributed by atoms with Crippen LogP contribution in [0.3, 0.4) is 0 Å². The number of sulfonamides is 1. The van der Waals surface area contributed by atoms with Crippen molar-refractivity contribution in [2.75, 3.05) is 24.9 Å². The van der Waals surface area contributed by atoms with Gasteiger partial charge in [0.25, 0.3) is 15.9 Å². The molecule has 25 heavy (non-hydrogen) atoms. The predicted octanol–water partition coefficient (Wildman–Crippen LogP) is 2.73. The Morgan fingerprint density at radius 3 is 2.32 bits per heavy atom. The zero-order chi connectivity index (χ0) is 17.9. The van der Waals surface area contributed by atoms with Crippen LogP contribution in [0.25, 0.3) is 0 Å². The monoisotopic (exact) mass is 360 g/mol. The molecule has 0 aliphatic carbocycles. The number of anilines is 1. The smallest absolute Gasteiger partial charge is 0.265 e. The maximum Gasteiger partial charge on any atom is 0.265 e. The van der Waals surface area contributed by atoms with E-state index in [1.54, 1.807) is 42.5 Å². The van der Waals surface area contributed by atoms with Gasteiger partial charge >= 0.3 is 0 Å². The number of carbonyl (C=O) groups is 1. The summed E-state index contributed by atoms with van der Waals surface area (Å²) >= 11 is 0. The van der Waals surface area contributed by atoms with Crippen LogP contribution in [0.1, 0.15) is 23.2 Å². The summed E-state index contributed by atoms with van der Waals surface area (Å²) in [6.07, 6.45) is 2.06. The van der Waals surface area contributed by atoms with Crippen LogP contribution in [0, 0.1) is 0 Å². The molecule has 0 bridgehead atoms. The Hall–Kier alpha value is -2.54. The van der Waals surface area contributed by atoms with E-state index in [2.05, 4.69) is 4.72 Å². The van der Waals surface area contributed by atoms with E-state index in [1.165, 1.54) is 13.2 Å². The van der Waals surface area contributed by atoms with Crippen LogP contribution >= 0.6 is 0 Å². The molecule has 0 radical (unpaired) electrons. The second kappa shape index (κ2) is 7.14. The van der Waals surface area contributed by atoms with E-state index in [0.717, 1.165) is 25.9 Å². The van der Waals surface area contributed by atoms with Gasteiger partial charge in [-0.15, -0.1) is 0 Å². The fraction of sp³-hybridized carbons (Fsp3) is 0.278. The molecule has 0 unspecified atom stereocenters. The molecule has 1 aliphatic heterocycles. The number of nitrogens with one attached hydrogen (secondary N) is 1. The third-order valence-corrected chi connectivity index (χ3v) is 5.56. The summed E-state index contributed by atoms with van der Waals surface area (Å²) in [5.74, 6) is 0.257. The summed E-state index contributed by atoms with van der Waals surface area (Å²) in [6, 6.07) is 12.9. The maximum atomic E-state index is 12.5. The van der Waals surface area contributed by atoms with Gasteiger partial charge in [0.2, 0.25) is 0 Å². The Kier molecular flexibility index (Phi) is 4.94. The van der Waals surface area contributed by atoms with Crippen LogP contribution in [-0.4, -0.2) is 39.4 Å². The molecule has 0 saturated carbocycles. The molecule has 1 fully saturated rings. The van der Waals surface area contributed by atoms with Gasteiger partial charge in [0.05, 0.1) is 7.11 Å². The average molecular weight is 360 g/mol. The van der Waals surface area contributed by atoms with Crippen molar-refractivity contribution >= 4 is 21.6 Å². The molecule has 6 nitrogen and oxygen atoms in total. The Labute approximate surface area is 147 Å². The Balaban J connectivity index is 1.77. The van der Waals surface area contributed by atoms with Crippen LogP contribution < -0.4 is 9.46 Å². The highest BCUT2D eigenvalue weighted by atomic mass is 32.2. The van der Waals surface area contributed by atoms with Crippen molar-refractivity contribution < 1.29 is 17.9 Å². The van der Waals surface area contributed by atoms with Crippen molar-refractivity contribution in [1.29, 1.82) is 0 Å². The number of hydrogen-bond acceptors (Lipinski definition) is 4. The van der Waals surface area contributed by atoms with E-state index < -0.39 is 10.0 Å². The lowest BCUT2D eigenvalue weighted by Crippen LogP contribution is -2.27. The summed E-state index contributed by atoms with van der Waals surface area (Å²) in [7, 11) is -2.35. The summed E-state index contributed by atoms with van der Waals surface area (Å²) < 4.78 is 32.7. The Morgan fingerprint density at radius 2 is 1.68 bits per heavy atom. The second-order valence-electron chi connectivity index (χ2n) is 5.83. The lowest BCUT2D eigenvalue weighted by molar-refractivity contribution is 0.0793. The van der Waals surface area contributed by atoms with Crippen molar-refractivity contribution in [3.8, 4) is 5.75 Å². The minimum Gasteiger partial charge on any atom is -0.495 e. The summed E-state index contributed by atoms with van der Waals surface area (Å²) in [5, 5.41) is 0. The first kappa shape index (κ1) is 17.3. The largest absolute Gasteiger partial charge is 0.495 e. The first-order valence-corrected chi connectivity index (χ1v) is 9.55. The van der Waals surface area contributed by atoms with Gasteiger partial charge in [0.1, 0.15) is 10.6 Å². The van der Waals surface area contributed by atoms with Crippen molar-refractivity contribution in [3.63, 3.8) is 0 Å². The summed E-state index contributed by atoms with van der Waals surface area (Å²) in [4.78, 5) is 14.2. The van der Waals surface area contributed by atoms with Crippen LogP contribution in [0.15, 0.2) is 53.4 Å². The van der Waals surface area contributed by atoms with Crippen molar-refractivity contribution in [2.24, 2.45) is 0 Å². The molecule has 132 valence electrons. The summed E-state index contributed by atoms with van der Waals surface area (Å²) in [5.41, 5.74) is 0.950. The molecule has 1 aliphatic rings. The number of likely N-dealkylation sites (tertiary alicyclic amines) is 1. The van der Waals surface area contributed by atoms with E-state index in [4.69, 9.17) is 4.74 Å². The molecule has 1 saturated heterocycles. The molecular formula is C18H20N2O4S. The van der Waals surface area contributed by atoms with Crippen molar-refractivity contribution in [2.45, 2.75) is 17.7 Å². The minimum atomic E-state index is -3.78. The minimum absolute atomic E-state index is 0.0170. The normalized spacial score (nSPS) is 14.4. The van der Waals surface area contributed by atoms with Crippen LogP contribution in [0.2, 0.25) is 0 Å². The van der Waals surface area contributed by atoms with Gasteiger partial charge in [-0.25, -0.2) is 8.42 Å². The number of methoxy groups -OCH3 is 1. The standard InChI is InChI=1S/C18H20N2O4S/c1-24-16-6-2-3-7-17(16)25(22,23)19-15-10-8-14(9-11-15)18(21)20-12-4-5-13-20/h2-3,6-11,19H,4-5,12-13H2,1H3. The number of carbonyl (C=O) groups excluding carboxylic acids is 1. The van der Waals surface area contributed by atoms with Crippen molar-refractivity contribution in [3.05, 3.63) is 54.1 Å². The van der Waals surface area contributed by atoms with Crippen LogP contribution in [0.4, 0.5) is 5.69 Å². The van der Waals surface area contributed by atoms with Gasteiger partial charge in [-0.3, -0.25) is 9.52 Å².